The van der Waals surface area contributed by atoms with E-state index >= 15 is 0 Å². The van der Waals surface area contributed by atoms with Crippen LogP contribution in [0.3, 0.4) is 0 Å². The third kappa shape index (κ3) is 5.10. The van der Waals surface area contributed by atoms with E-state index < -0.39 is 24.4 Å². The predicted octanol–water partition coefficient (Wildman–Crippen LogP) is 2.13. The van der Waals surface area contributed by atoms with Crippen molar-refractivity contribution >= 4 is 46.2 Å². The number of thioether (sulfide) groups is 1. The lowest BCUT2D eigenvalue weighted by Crippen LogP contribution is -2.22. The van der Waals surface area contributed by atoms with E-state index in [1.807, 2.05) is 6.07 Å². The molecule has 0 bridgehead atoms. The molecule has 0 aliphatic heterocycles. The lowest BCUT2D eigenvalue weighted by Gasteiger charge is -2.10. The number of carbonyl (C=O) groups is 3. The summed E-state index contributed by atoms with van der Waals surface area (Å²) < 4.78 is 10.2. The lowest BCUT2D eigenvalue weighted by molar-refractivity contribution is -0.146. The van der Waals surface area contributed by atoms with E-state index in [1.54, 1.807) is 42.5 Å². The van der Waals surface area contributed by atoms with Crippen LogP contribution in [0.1, 0.15) is 5.69 Å². The van der Waals surface area contributed by atoms with E-state index in [-0.39, 0.29) is 12.2 Å². The first-order valence-corrected chi connectivity index (χ1v) is 9.30. The van der Waals surface area contributed by atoms with Gasteiger partial charge in [-0.05, 0) is 24.3 Å². The molecule has 0 unspecified atom stereocenters. The molecule has 8 nitrogen and oxygen atoms in total. The summed E-state index contributed by atoms with van der Waals surface area (Å²) in [5.74, 6) is -1.45. The molecule has 2 aromatic carbocycles. The highest BCUT2D eigenvalue weighted by atomic mass is 32.2. The first-order chi connectivity index (χ1) is 13.5. The van der Waals surface area contributed by atoms with Crippen molar-refractivity contribution in [3.8, 4) is 0 Å². The van der Waals surface area contributed by atoms with Crippen LogP contribution < -0.4 is 11.1 Å². The van der Waals surface area contributed by atoms with Crippen molar-refractivity contribution < 1.29 is 23.6 Å². The van der Waals surface area contributed by atoms with Crippen LogP contribution in [0, 0.1) is 0 Å². The monoisotopic (exact) mass is 399 g/mol. The molecule has 0 spiro atoms. The van der Waals surface area contributed by atoms with Gasteiger partial charge in [-0.15, -0.1) is 11.8 Å². The number of nitrogens with two attached hydrogens (primary N) is 1. The molecule has 9 heteroatoms. The van der Waals surface area contributed by atoms with Crippen LogP contribution in [-0.2, 0) is 25.5 Å². The van der Waals surface area contributed by atoms with Crippen molar-refractivity contribution in [2.75, 3.05) is 17.7 Å². The summed E-state index contributed by atoms with van der Waals surface area (Å²) in [6, 6.07) is 14.1. The number of aromatic nitrogens is 1. The van der Waals surface area contributed by atoms with Crippen molar-refractivity contribution in [2.24, 2.45) is 5.73 Å². The number of ether oxygens (including phenoxy) is 1. The number of benzene rings is 2. The molecule has 3 rings (SSSR count). The maximum atomic E-state index is 12.1. The van der Waals surface area contributed by atoms with Gasteiger partial charge in [0, 0.05) is 10.3 Å². The van der Waals surface area contributed by atoms with Crippen LogP contribution in [0.15, 0.2) is 57.9 Å². The van der Waals surface area contributed by atoms with E-state index in [0.29, 0.717) is 21.9 Å². The zero-order valence-electron chi connectivity index (χ0n) is 14.7. The van der Waals surface area contributed by atoms with Crippen LogP contribution in [0.25, 0.3) is 11.0 Å². The quantitative estimate of drug-likeness (QED) is 0.439. The molecule has 0 fully saturated rings. The SMILES string of the molecule is NC(=O)CSc1ccccc1NC(=O)COC(=O)Cc1noc2ccccc12. The highest BCUT2D eigenvalue weighted by Gasteiger charge is 2.15. The molecule has 0 aliphatic rings. The second-order valence-electron chi connectivity index (χ2n) is 5.76. The van der Waals surface area contributed by atoms with E-state index in [9.17, 15) is 14.4 Å². The summed E-state index contributed by atoms with van der Waals surface area (Å²) in [7, 11) is 0. The zero-order chi connectivity index (χ0) is 19.9. The first kappa shape index (κ1) is 19.4. The summed E-state index contributed by atoms with van der Waals surface area (Å²) in [4.78, 5) is 35.7. The van der Waals surface area contributed by atoms with Crippen LogP contribution in [-0.4, -0.2) is 35.3 Å². The molecule has 0 saturated carbocycles. The van der Waals surface area contributed by atoms with Crippen LogP contribution in [0.5, 0.6) is 0 Å². The maximum Gasteiger partial charge on any atom is 0.312 e. The van der Waals surface area contributed by atoms with Gasteiger partial charge in [-0.1, -0.05) is 29.4 Å². The smallest absolute Gasteiger partial charge is 0.312 e. The molecular weight excluding hydrogens is 382 g/mol. The van der Waals surface area contributed by atoms with Crippen molar-refractivity contribution in [1.29, 1.82) is 0 Å². The number of rotatable bonds is 8. The second kappa shape index (κ2) is 9.05. The molecule has 144 valence electrons. The Kier molecular flexibility index (Phi) is 6.28. The summed E-state index contributed by atoms with van der Waals surface area (Å²) in [6.07, 6.45) is -0.102. The van der Waals surface area contributed by atoms with E-state index in [1.165, 1.54) is 11.8 Å². The van der Waals surface area contributed by atoms with E-state index in [2.05, 4.69) is 10.5 Å². The molecule has 0 radical (unpaired) electrons. The zero-order valence-corrected chi connectivity index (χ0v) is 15.5. The number of primary amides is 1. The molecule has 0 saturated heterocycles. The summed E-state index contributed by atoms with van der Waals surface area (Å²) >= 11 is 1.21. The Morgan fingerprint density at radius 2 is 1.86 bits per heavy atom. The molecule has 0 aliphatic carbocycles. The van der Waals surface area contributed by atoms with Crippen molar-refractivity contribution in [1.82, 2.24) is 5.16 Å². The molecule has 1 heterocycles. The van der Waals surface area contributed by atoms with Gasteiger partial charge in [-0.25, -0.2) is 0 Å². The van der Waals surface area contributed by atoms with Gasteiger partial charge in [0.05, 0.1) is 17.9 Å². The number of para-hydroxylation sites is 2. The average Bonchev–Trinajstić information content (AvgIpc) is 3.08. The Hall–Kier alpha value is -3.33. The minimum absolute atomic E-state index is 0.0908. The number of hydrogen-bond donors (Lipinski definition) is 2. The van der Waals surface area contributed by atoms with Crippen LogP contribution >= 0.6 is 11.8 Å². The predicted molar refractivity (Wildman–Crippen MR) is 104 cm³/mol. The molecule has 3 aromatic rings. The maximum absolute atomic E-state index is 12.1. The molecule has 2 amide bonds. The van der Waals surface area contributed by atoms with Crippen molar-refractivity contribution in [3.05, 3.63) is 54.2 Å². The second-order valence-corrected chi connectivity index (χ2v) is 6.78. The van der Waals surface area contributed by atoms with Gasteiger partial charge in [0.2, 0.25) is 5.91 Å². The Morgan fingerprint density at radius 1 is 1.11 bits per heavy atom. The topological polar surface area (TPSA) is 125 Å². The number of hydrogen-bond acceptors (Lipinski definition) is 7. The van der Waals surface area contributed by atoms with Crippen LogP contribution in [0.4, 0.5) is 5.69 Å². The first-order valence-electron chi connectivity index (χ1n) is 8.32. The molecule has 0 atom stereocenters. The standard InChI is InChI=1S/C19H17N3O5S/c20-17(23)11-28-16-8-4-2-6-13(16)21-18(24)10-26-19(25)9-14-12-5-1-3-7-15(12)27-22-14/h1-8H,9-11H2,(H2,20,23)(H,21,24). The highest BCUT2D eigenvalue weighted by molar-refractivity contribution is 8.00. The summed E-state index contributed by atoms with van der Waals surface area (Å²) in [5.41, 5.74) is 6.69. The van der Waals surface area contributed by atoms with Gasteiger partial charge in [0.15, 0.2) is 12.2 Å². The number of anilines is 1. The fourth-order valence-corrected chi connectivity index (χ4v) is 3.18. The van der Waals surface area contributed by atoms with Crippen LogP contribution in [0.2, 0.25) is 0 Å². The fourth-order valence-electron chi connectivity index (χ4n) is 2.43. The van der Waals surface area contributed by atoms with Gasteiger partial charge in [0.25, 0.3) is 5.91 Å². The van der Waals surface area contributed by atoms with Crippen molar-refractivity contribution in [2.45, 2.75) is 11.3 Å². The third-order valence-corrected chi connectivity index (χ3v) is 4.76. The molecule has 3 N–H and O–H groups in total. The van der Waals surface area contributed by atoms with Crippen molar-refractivity contribution in [3.63, 3.8) is 0 Å². The molecule has 1 aromatic heterocycles. The molecule has 28 heavy (non-hydrogen) atoms. The number of nitrogens with zero attached hydrogens (tertiary/aromatic N) is 1. The Morgan fingerprint density at radius 3 is 2.68 bits per heavy atom. The largest absolute Gasteiger partial charge is 0.455 e. The Bertz CT molecular complexity index is 1020. The van der Waals surface area contributed by atoms with E-state index in [4.69, 9.17) is 15.0 Å². The number of esters is 1. The highest BCUT2D eigenvalue weighted by Crippen LogP contribution is 2.26. The number of fused-ring (bicyclic) bond motifs is 1. The number of carbonyl (C=O) groups excluding carboxylic acids is 3. The van der Waals surface area contributed by atoms with Gasteiger partial charge < -0.3 is 20.3 Å². The minimum atomic E-state index is -0.592. The third-order valence-electron chi connectivity index (χ3n) is 3.66. The number of amides is 2. The lowest BCUT2D eigenvalue weighted by atomic mass is 10.2. The molecular formula is C19H17N3O5S. The Labute approximate surface area is 164 Å². The summed E-state index contributed by atoms with van der Waals surface area (Å²) in [5, 5.41) is 7.24. The van der Waals surface area contributed by atoms with Gasteiger partial charge in [-0.2, -0.15) is 0 Å². The van der Waals surface area contributed by atoms with Gasteiger partial charge in [-0.3, -0.25) is 14.4 Å². The average molecular weight is 399 g/mol. The Balaban J connectivity index is 1.53. The van der Waals surface area contributed by atoms with Gasteiger partial charge in [0.1, 0.15) is 5.69 Å². The van der Waals surface area contributed by atoms with E-state index in [0.717, 1.165) is 5.39 Å². The minimum Gasteiger partial charge on any atom is -0.455 e. The van der Waals surface area contributed by atoms with Gasteiger partial charge >= 0.3 is 5.97 Å². The summed E-state index contributed by atoms with van der Waals surface area (Å²) in [6.45, 7) is -0.441. The number of nitrogens with one attached hydrogen (secondary N) is 1. The fraction of sp³-hybridized carbons (Fsp3) is 0.158. The normalized spacial score (nSPS) is 10.6.